The first-order chi connectivity index (χ1) is 51.7. The van der Waals surface area contributed by atoms with Crippen molar-refractivity contribution in [3.8, 4) is 0 Å². The molecule has 16 unspecified atom stereocenters. The normalized spacial score (nSPS) is 31.0. The van der Waals surface area contributed by atoms with E-state index in [0.717, 1.165) is 115 Å². The van der Waals surface area contributed by atoms with E-state index in [-0.39, 0.29) is 82.2 Å². The molecule has 11 fully saturated rings. The monoisotopic (exact) mass is 1590 g/mol. The van der Waals surface area contributed by atoms with Gasteiger partial charge in [-0.2, -0.15) is 0 Å². The molecule has 1 aromatic rings. The van der Waals surface area contributed by atoms with Crippen molar-refractivity contribution in [2.24, 2.45) is 110 Å². The molecule has 0 saturated heterocycles. The van der Waals surface area contributed by atoms with E-state index in [2.05, 4.69) is 37.2 Å². The van der Waals surface area contributed by atoms with Crippen molar-refractivity contribution in [3.63, 3.8) is 0 Å². The van der Waals surface area contributed by atoms with Gasteiger partial charge < -0.3 is 50.0 Å². The van der Waals surface area contributed by atoms with Gasteiger partial charge in [0.1, 0.15) is 22.8 Å². The lowest BCUT2D eigenvalue weighted by Gasteiger charge is -2.59. The zero-order valence-corrected chi connectivity index (χ0v) is 72.8. The number of carbonyl (C=O) groups is 11. The van der Waals surface area contributed by atoms with Gasteiger partial charge in [0.05, 0.1) is 76.6 Å². The number of alkyl halides is 1. The number of ketones is 2. The first kappa shape index (κ1) is 102. The maximum Gasteiger partial charge on any atom is 0.335 e. The zero-order valence-electron chi connectivity index (χ0n) is 72.8. The van der Waals surface area contributed by atoms with Gasteiger partial charge in [0.2, 0.25) is 0 Å². The van der Waals surface area contributed by atoms with Crippen molar-refractivity contribution in [2.75, 3.05) is 14.2 Å². The number of aliphatic hydroxyl groups is 1. The molecule has 0 aromatic heterocycles. The Labute approximate surface area is 670 Å². The highest BCUT2D eigenvalue weighted by molar-refractivity contribution is 6.08. The highest BCUT2D eigenvalue weighted by Gasteiger charge is 2.63. The Bertz CT molecular complexity index is 3170. The minimum Gasteiger partial charge on any atom is -0.481 e. The van der Waals surface area contributed by atoms with Gasteiger partial charge in [-0.05, 0) is 261 Å². The van der Waals surface area contributed by atoms with Gasteiger partial charge in [-0.3, -0.25) is 47.9 Å². The Hall–Kier alpha value is -6.32. The van der Waals surface area contributed by atoms with Crippen LogP contribution in [0.4, 0.5) is 4.39 Å². The molecule has 7 N–H and O–H groups in total. The molecule has 0 spiro atoms. The van der Waals surface area contributed by atoms with Crippen molar-refractivity contribution in [2.45, 2.75) is 342 Å². The van der Waals surface area contributed by atoms with E-state index in [0.29, 0.717) is 79.1 Å². The third-order valence-corrected chi connectivity index (χ3v) is 27.8. The molecule has 22 heteroatoms. The summed E-state index contributed by atoms with van der Waals surface area (Å²) in [5.41, 5.74) is -3.13. The molecule has 12 rings (SSSR count). The van der Waals surface area contributed by atoms with Crippen LogP contribution in [0.15, 0.2) is 24.3 Å². The van der Waals surface area contributed by atoms with E-state index in [4.69, 9.17) is 30.3 Å². The summed E-state index contributed by atoms with van der Waals surface area (Å²) in [6, 6.07) is 7.09. The smallest absolute Gasteiger partial charge is 0.335 e. The summed E-state index contributed by atoms with van der Waals surface area (Å²) >= 11 is 0. The second-order valence-electron chi connectivity index (χ2n) is 37.5. The molecule has 642 valence electrons. The first-order valence-corrected chi connectivity index (χ1v) is 42.0. The summed E-state index contributed by atoms with van der Waals surface area (Å²) < 4.78 is 29.2. The molecular formula is C90H149FO21. The number of rotatable bonds is 18. The minimum absolute atomic E-state index is 0.0127. The zero-order chi connectivity index (χ0) is 86.2. The lowest BCUT2D eigenvalue weighted by Crippen LogP contribution is -2.60. The standard InChI is InChI=1S/C17H26O4.C11H14O2.C10H19FO.C10H16O2.C8H12O2.C7H10O2.C7H12O2.2C7H14O2.C6H12O2/c1-4-15(2,3)14(20)21-17-8-11-5-12(9-17)7-16(6-11,10-17)13(18)19;1-3-8(2)9-4-6-10(7-5-9)11(12)13;1-4-8-6-9(3,12)7-10(8,11)5-2;1-5-6(2)8-3-7(5)4-9(8)10(11)12;9-8(10)7-4-5-1-2-6(7)3-5;1-4-5(2)7(9)3-6(4)8;8-7(9)6-4-2-1-3-5-6;2*1-5-7(2,3)6(8)9-4;1-4-6(2,3)5(7)8/h11-12H,4-10H2,1-3H3,(H,18,19);4-8H,3H2,1-2H3,(H,12,13);8,12H,4-7H2,1-3H3;5-9H,3-4H2,1-2H3,(H,11,12);5-7H,1-4H2,(H,9,10);4-5H,3H2,1-2H3;6H,1-5H2,(H,8,9);2*5H2,1-4H3;4H2,1-3H3,(H,7,8). The van der Waals surface area contributed by atoms with Gasteiger partial charge in [-0.1, -0.05) is 127 Å². The molecule has 8 bridgehead atoms. The second-order valence-corrected chi connectivity index (χ2v) is 37.5. The Kier molecular flexibility index (Phi) is 40.1. The van der Waals surface area contributed by atoms with Crippen LogP contribution in [-0.2, 0) is 62.2 Å². The molecule has 11 aliphatic rings. The highest BCUT2D eigenvalue weighted by atomic mass is 19.1. The number of fused-ring (bicyclic) bond motifs is 4. The van der Waals surface area contributed by atoms with Crippen molar-refractivity contribution < 1.29 is 107 Å². The number of aliphatic carboxylic acids is 5. The van der Waals surface area contributed by atoms with E-state index in [1.165, 1.54) is 51.9 Å². The van der Waals surface area contributed by atoms with Crippen LogP contribution in [0.25, 0.3) is 0 Å². The molecule has 112 heavy (non-hydrogen) atoms. The summed E-state index contributed by atoms with van der Waals surface area (Å²) in [6.45, 7) is 40.5. The predicted octanol–water partition coefficient (Wildman–Crippen LogP) is 19.6. The third kappa shape index (κ3) is 29.1. The molecule has 11 aliphatic carbocycles. The average Bonchev–Trinajstić information content (AvgIpc) is 1.07. The van der Waals surface area contributed by atoms with Crippen molar-refractivity contribution in [1.82, 2.24) is 0 Å². The summed E-state index contributed by atoms with van der Waals surface area (Å²) in [4.78, 5) is 120. The van der Waals surface area contributed by atoms with Gasteiger partial charge in [0.15, 0.2) is 0 Å². The third-order valence-electron chi connectivity index (χ3n) is 27.8. The number of carboxylic acid groups (broad SMARTS) is 6. The maximum atomic E-state index is 14.0. The topological polar surface area (TPSA) is 357 Å². The Morgan fingerprint density at radius 2 is 1.01 bits per heavy atom. The SMILES string of the molecule is CC1C(=O)CC(=O)C1C.CC1C2CC(C(=O)O)C(C2)C1C.CCC(C)(C)C(=O)O.CCC(C)(C)C(=O)OC.CCC(C)(C)C(=O)OC.CCC(C)(C)C(=O)OC12CC3CC(C1)CC(C(=O)O)(C3)C2.CCC(C)c1ccc(C(=O)O)cc1.CCC1CC(C)(O)CC1(F)CC.O=C(O)C1CC2CCC1C2.O=C(O)C1CCCCC1. The van der Waals surface area contributed by atoms with Crippen LogP contribution in [0.5, 0.6) is 0 Å². The number of aromatic carboxylic acids is 1. The number of carbonyl (C=O) groups excluding carboxylic acids is 5. The van der Waals surface area contributed by atoms with E-state index in [1.807, 2.05) is 109 Å². The van der Waals surface area contributed by atoms with Crippen molar-refractivity contribution in [1.29, 1.82) is 0 Å². The second kappa shape index (κ2) is 44.1. The van der Waals surface area contributed by atoms with Gasteiger partial charge in [0, 0.05) is 24.7 Å². The van der Waals surface area contributed by atoms with Crippen LogP contribution in [0.1, 0.15) is 341 Å². The summed E-state index contributed by atoms with van der Waals surface area (Å²) in [6.07, 6.45) is 23.5. The molecule has 0 aliphatic heterocycles. The maximum absolute atomic E-state index is 14.0. The quantitative estimate of drug-likeness (QED) is 0.0408. The fourth-order valence-electron chi connectivity index (χ4n) is 17.9. The number of esters is 3. The molecule has 0 radical (unpaired) electrons. The van der Waals surface area contributed by atoms with Gasteiger partial charge in [-0.15, -0.1) is 0 Å². The lowest BCUT2D eigenvalue weighted by atomic mass is 9.48. The van der Waals surface area contributed by atoms with Crippen LogP contribution in [0.2, 0.25) is 0 Å². The largest absolute Gasteiger partial charge is 0.481 e. The van der Waals surface area contributed by atoms with Crippen LogP contribution in [-0.4, -0.2) is 132 Å². The van der Waals surface area contributed by atoms with E-state index in [9.17, 15) is 67.3 Å². The van der Waals surface area contributed by atoms with Gasteiger partial charge in [0.25, 0.3) is 0 Å². The summed E-state index contributed by atoms with van der Waals surface area (Å²) in [5.74, 6) is 0.902. The number of halogens is 1. The van der Waals surface area contributed by atoms with Crippen LogP contribution < -0.4 is 0 Å². The molecule has 1 aromatic carbocycles. The number of ether oxygens (including phenoxy) is 3. The minimum atomic E-state index is -1.11. The molecular weight excluding hydrogens is 1440 g/mol. The van der Waals surface area contributed by atoms with E-state index in [1.54, 1.807) is 32.9 Å². The molecule has 11 saturated carbocycles. The van der Waals surface area contributed by atoms with E-state index >= 15 is 0 Å². The molecule has 0 amide bonds. The van der Waals surface area contributed by atoms with Gasteiger partial charge >= 0.3 is 53.7 Å². The molecule has 21 nitrogen and oxygen atoms in total. The van der Waals surface area contributed by atoms with E-state index < -0.39 is 68.9 Å². The van der Waals surface area contributed by atoms with Gasteiger partial charge in [-0.25, -0.2) is 9.18 Å². The van der Waals surface area contributed by atoms with Crippen LogP contribution in [0.3, 0.4) is 0 Å². The first-order valence-electron chi connectivity index (χ1n) is 42.0. The summed E-state index contributed by atoms with van der Waals surface area (Å²) in [7, 11) is 2.83. The van der Waals surface area contributed by atoms with Crippen molar-refractivity contribution in [3.05, 3.63) is 35.4 Å². The predicted molar refractivity (Wildman–Crippen MR) is 431 cm³/mol. The fourth-order valence-corrected chi connectivity index (χ4v) is 17.9. The number of hydrogen-bond acceptors (Lipinski definition) is 15. The molecule has 0 heterocycles. The van der Waals surface area contributed by atoms with Crippen LogP contribution in [0, 0.1) is 110 Å². The number of hydrogen-bond donors (Lipinski definition) is 7. The Morgan fingerprint density at radius 1 is 0.536 bits per heavy atom. The Balaban J connectivity index is 0.000000429. The summed E-state index contributed by atoms with van der Waals surface area (Å²) in [5, 5.41) is 62.7. The molecule has 16 atom stereocenters. The number of methoxy groups -OCH3 is 2. The van der Waals surface area contributed by atoms with Crippen LogP contribution >= 0.6 is 0 Å². The number of carboxylic acids is 6. The number of Topliss-reactive ketones (excluding diaryl/α,β-unsaturated/α-hetero) is 2. The fraction of sp³-hybridized carbons (Fsp3) is 0.811. The van der Waals surface area contributed by atoms with Crippen molar-refractivity contribution >= 4 is 65.3 Å². The average molecular weight is 1590 g/mol. The Morgan fingerprint density at radius 3 is 1.29 bits per heavy atom. The highest BCUT2D eigenvalue weighted by Crippen LogP contribution is 2.63. The number of benzene rings is 1. The lowest BCUT2D eigenvalue weighted by molar-refractivity contribution is -0.215.